The molecule has 0 saturated carbocycles. The summed E-state index contributed by atoms with van der Waals surface area (Å²) in [4.78, 5) is 7.62. The predicted octanol–water partition coefficient (Wildman–Crippen LogP) is 3.41. The number of rotatable bonds is 0. The van der Waals surface area contributed by atoms with E-state index in [2.05, 4.69) is 25.9 Å². The van der Waals surface area contributed by atoms with E-state index in [4.69, 9.17) is 0 Å². The summed E-state index contributed by atoms with van der Waals surface area (Å²) in [6.07, 6.45) is -3.04. The highest BCUT2D eigenvalue weighted by Crippen LogP contribution is 2.33. The van der Waals surface area contributed by atoms with Gasteiger partial charge < -0.3 is 0 Å². The molecule has 78 valence electrons. The molecule has 0 N–H and O–H groups in total. The molecule has 2 rings (SSSR count). The number of fused-ring (bicyclic) bond motifs is 1. The zero-order chi connectivity index (χ0) is 11.1. The summed E-state index contributed by atoms with van der Waals surface area (Å²) < 4.78 is 38.0. The van der Waals surface area contributed by atoms with Crippen molar-refractivity contribution >= 4 is 27.0 Å². The highest BCUT2D eigenvalue weighted by molar-refractivity contribution is 9.10. The molecule has 0 spiro atoms. The van der Waals surface area contributed by atoms with E-state index >= 15 is 0 Å². The van der Waals surface area contributed by atoms with Gasteiger partial charge in [0.1, 0.15) is 10.1 Å². The van der Waals surface area contributed by atoms with Crippen molar-refractivity contribution in [2.24, 2.45) is 0 Å². The maximum atomic E-state index is 12.6. The lowest BCUT2D eigenvalue weighted by Gasteiger charge is -2.08. The van der Waals surface area contributed by atoms with Crippen LogP contribution in [-0.2, 0) is 6.18 Å². The second-order valence-electron chi connectivity index (χ2n) is 2.86. The van der Waals surface area contributed by atoms with Gasteiger partial charge in [-0.15, -0.1) is 0 Å². The minimum Gasteiger partial charge on any atom is -0.252 e. The molecule has 2 aromatic rings. The van der Waals surface area contributed by atoms with Gasteiger partial charge in [-0.3, -0.25) is 4.98 Å². The lowest BCUT2D eigenvalue weighted by atomic mass is 10.1. The first kappa shape index (κ1) is 10.4. The lowest BCUT2D eigenvalue weighted by Crippen LogP contribution is -2.06. The topological polar surface area (TPSA) is 25.8 Å². The van der Waals surface area contributed by atoms with Gasteiger partial charge in [-0.05, 0) is 28.1 Å². The third-order valence-electron chi connectivity index (χ3n) is 1.85. The van der Waals surface area contributed by atoms with Crippen molar-refractivity contribution in [3.8, 4) is 0 Å². The molecule has 6 heteroatoms. The Balaban J connectivity index is 2.80. The Kier molecular flexibility index (Phi) is 2.38. The largest absolute Gasteiger partial charge is 0.418 e. The summed E-state index contributed by atoms with van der Waals surface area (Å²) in [7, 11) is 0. The van der Waals surface area contributed by atoms with Crippen LogP contribution >= 0.6 is 15.9 Å². The molecule has 0 atom stereocenters. The summed E-state index contributed by atoms with van der Waals surface area (Å²) in [5.41, 5.74) is -0.679. The first-order valence-corrected chi connectivity index (χ1v) is 4.76. The van der Waals surface area contributed by atoms with E-state index in [1.54, 1.807) is 0 Å². The molecule has 0 radical (unpaired) electrons. The smallest absolute Gasteiger partial charge is 0.252 e. The second-order valence-corrected chi connectivity index (χ2v) is 3.68. The number of hydrogen-bond donors (Lipinski definition) is 0. The van der Waals surface area contributed by atoms with Crippen LogP contribution < -0.4 is 0 Å². The van der Waals surface area contributed by atoms with Gasteiger partial charge in [-0.1, -0.05) is 6.07 Å². The van der Waals surface area contributed by atoms with E-state index in [1.165, 1.54) is 18.3 Å². The Labute approximate surface area is 91.3 Å². The van der Waals surface area contributed by atoms with Crippen molar-refractivity contribution in [2.45, 2.75) is 6.18 Å². The number of benzene rings is 1. The Hall–Kier alpha value is -1.17. The van der Waals surface area contributed by atoms with Gasteiger partial charge >= 0.3 is 6.18 Å². The predicted molar refractivity (Wildman–Crippen MR) is 52.2 cm³/mol. The molecule has 0 aliphatic heterocycles. The quantitative estimate of drug-likeness (QED) is 0.737. The normalized spacial score (nSPS) is 12.0. The van der Waals surface area contributed by atoms with Crippen LogP contribution in [0.25, 0.3) is 11.0 Å². The van der Waals surface area contributed by atoms with Crippen molar-refractivity contribution < 1.29 is 13.2 Å². The van der Waals surface area contributed by atoms with Gasteiger partial charge in [0, 0.05) is 0 Å². The number of hydrogen-bond acceptors (Lipinski definition) is 2. The summed E-state index contributed by atoms with van der Waals surface area (Å²) in [6.45, 7) is 0. The van der Waals surface area contributed by atoms with Gasteiger partial charge in [0.25, 0.3) is 0 Å². The highest BCUT2D eigenvalue weighted by Gasteiger charge is 2.33. The molecular formula is C9H4BrF3N2. The van der Waals surface area contributed by atoms with Crippen LogP contribution in [0, 0.1) is 0 Å². The van der Waals surface area contributed by atoms with E-state index in [9.17, 15) is 13.2 Å². The van der Waals surface area contributed by atoms with Gasteiger partial charge in [-0.2, -0.15) is 13.2 Å². The summed E-state index contributed by atoms with van der Waals surface area (Å²) in [5.74, 6) is 0. The van der Waals surface area contributed by atoms with E-state index in [0.717, 1.165) is 6.07 Å². The third-order valence-corrected chi connectivity index (χ3v) is 2.23. The van der Waals surface area contributed by atoms with Crippen LogP contribution in [0.3, 0.4) is 0 Å². The Morgan fingerprint density at radius 2 is 1.93 bits per heavy atom. The number of nitrogens with zero attached hydrogens (tertiary/aromatic N) is 2. The van der Waals surface area contributed by atoms with Gasteiger partial charge in [0.15, 0.2) is 0 Å². The zero-order valence-electron chi connectivity index (χ0n) is 7.22. The summed E-state index contributed by atoms with van der Waals surface area (Å²) in [5, 5.41) is 0. The average molecular weight is 277 g/mol. The van der Waals surface area contributed by atoms with Crippen LogP contribution in [0.1, 0.15) is 5.56 Å². The van der Waals surface area contributed by atoms with Crippen LogP contribution in [0.15, 0.2) is 29.0 Å². The number of para-hydroxylation sites is 1. The molecular weight excluding hydrogens is 273 g/mol. The Morgan fingerprint density at radius 3 is 2.60 bits per heavy atom. The fourth-order valence-corrected chi connectivity index (χ4v) is 1.52. The van der Waals surface area contributed by atoms with Gasteiger partial charge in [-0.25, -0.2) is 4.98 Å². The number of halogens is 4. The number of aromatic nitrogens is 2. The SMILES string of the molecule is FC(F)(F)c1cccc2ncc(Br)nc12. The average Bonchev–Trinajstić information content (AvgIpc) is 2.15. The maximum absolute atomic E-state index is 12.6. The lowest BCUT2D eigenvalue weighted by molar-refractivity contribution is -0.136. The van der Waals surface area contributed by atoms with Crippen LogP contribution in [0.5, 0.6) is 0 Å². The van der Waals surface area contributed by atoms with Crippen LogP contribution in [0.2, 0.25) is 0 Å². The molecule has 0 fully saturated rings. The van der Waals surface area contributed by atoms with Crippen LogP contribution in [0.4, 0.5) is 13.2 Å². The molecule has 0 unspecified atom stereocenters. The molecule has 0 bridgehead atoms. The van der Waals surface area contributed by atoms with Crippen molar-refractivity contribution in [3.63, 3.8) is 0 Å². The minimum absolute atomic E-state index is 0.139. The highest BCUT2D eigenvalue weighted by atomic mass is 79.9. The fraction of sp³-hybridized carbons (Fsp3) is 0.111. The first-order valence-electron chi connectivity index (χ1n) is 3.97. The van der Waals surface area contributed by atoms with Crippen molar-refractivity contribution in [2.75, 3.05) is 0 Å². The van der Waals surface area contributed by atoms with E-state index in [-0.39, 0.29) is 15.6 Å². The first-order chi connectivity index (χ1) is 6.98. The van der Waals surface area contributed by atoms with Crippen LogP contribution in [-0.4, -0.2) is 9.97 Å². The Morgan fingerprint density at radius 1 is 1.20 bits per heavy atom. The molecule has 2 nitrogen and oxygen atoms in total. The molecule has 0 aliphatic rings. The van der Waals surface area contributed by atoms with Gasteiger partial charge in [0.2, 0.25) is 0 Å². The maximum Gasteiger partial charge on any atom is 0.418 e. The van der Waals surface area contributed by atoms with Crippen molar-refractivity contribution in [3.05, 3.63) is 34.6 Å². The van der Waals surface area contributed by atoms with Crippen molar-refractivity contribution in [1.82, 2.24) is 9.97 Å². The molecule has 1 aromatic heterocycles. The molecule has 0 amide bonds. The fourth-order valence-electron chi connectivity index (χ4n) is 1.24. The zero-order valence-corrected chi connectivity index (χ0v) is 8.80. The molecule has 0 saturated heterocycles. The monoisotopic (exact) mass is 276 g/mol. The summed E-state index contributed by atoms with van der Waals surface area (Å²) >= 11 is 2.99. The van der Waals surface area contributed by atoms with Gasteiger partial charge in [0.05, 0.1) is 17.3 Å². The Bertz CT molecular complexity index is 510. The van der Waals surface area contributed by atoms with E-state index < -0.39 is 11.7 Å². The second kappa shape index (κ2) is 3.44. The number of alkyl halides is 3. The minimum atomic E-state index is -4.41. The third kappa shape index (κ3) is 1.94. The molecule has 1 aromatic carbocycles. The van der Waals surface area contributed by atoms with E-state index in [0.29, 0.717) is 0 Å². The molecule has 15 heavy (non-hydrogen) atoms. The summed E-state index contributed by atoms with van der Waals surface area (Å²) in [6, 6.07) is 3.79. The molecule has 1 heterocycles. The van der Waals surface area contributed by atoms with Crippen molar-refractivity contribution in [1.29, 1.82) is 0 Å². The standard InChI is InChI=1S/C9H4BrF3N2/c10-7-4-14-6-3-1-2-5(8(6)15-7)9(11,12)13/h1-4H. The molecule has 0 aliphatic carbocycles. The van der Waals surface area contributed by atoms with E-state index in [1.807, 2.05) is 0 Å².